The van der Waals surface area contributed by atoms with E-state index in [-0.39, 0.29) is 5.91 Å². The third-order valence-electron chi connectivity index (χ3n) is 3.70. The number of carbonyl (C=O) groups excluding carboxylic acids is 1. The van der Waals surface area contributed by atoms with Gasteiger partial charge in [0.1, 0.15) is 11.8 Å². The van der Waals surface area contributed by atoms with Gasteiger partial charge in [0.15, 0.2) is 0 Å². The van der Waals surface area contributed by atoms with Crippen LogP contribution in [0.2, 0.25) is 0 Å². The lowest BCUT2D eigenvalue weighted by molar-refractivity contribution is -0.136. The van der Waals surface area contributed by atoms with Gasteiger partial charge < -0.3 is 14.4 Å². The number of ether oxygens (including phenoxy) is 2. The Kier molecular flexibility index (Phi) is 5.48. The number of amides is 1. The minimum absolute atomic E-state index is 0.235. The van der Waals surface area contributed by atoms with Crippen LogP contribution in [0.1, 0.15) is 6.92 Å². The molecule has 1 atom stereocenters. The fraction of sp³-hybridized carbons (Fsp3) is 0.533. The smallest absolute Gasteiger partial charge is 0.246 e. The van der Waals surface area contributed by atoms with Crippen molar-refractivity contribution in [2.45, 2.75) is 13.0 Å². The number of hydrogen-bond donors (Lipinski definition) is 0. The van der Waals surface area contributed by atoms with Crippen molar-refractivity contribution < 1.29 is 22.7 Å². The van der Waals surface area contributed by atoms with Gasteiger partial charge in [0, 0.05) is 19.2 Å². The van der Waals surface area contributed by atoms with E-state index < -0.39 is 16.1 Å². The highest BCUT2D eigenvalue weighted by molar-refractivity contribution is 7.92. The van der Waals surface area contributed by atoms with E-state index in [1.807, 2.05) is 0 Å². The van der Waals surface area contributed by atoms with E-state index in [4.69, 9.17) is 9.47 Å². The predicted octanol–water partition coefficient (Wildman–Crippen LogP) is 0.709. The van der Waals surface area contributed by atoms with Crippen LogP contribution in [-0.2, 0) is 19.6 Å². The maximum Gasteiger partial charge on any atom is 0.246 e. The molecular formula is C15H22N2O5S. The van der Waals surface area contributed by atoms with E-state index in [2.05, 4.69) is 0 Å². The topological polar surface area (TPSA) is 76.2 Å². The Bertz CT molecular complexity index is 656. The highest BCUT2D eigenvalue weighted by atomic mass is 32.2. The fourth-order valence-electron chi connectivity index (χ4n) is 2.60. The Balaban J connectivity index is 2.32. The number of morpholine rings is 1. The van der Waals surface area contributed by atoms with Crippen molar-refractivity contribution in [1.29, 1.82) is 0 Å². The minimum atomic E-state index is -3.63. The summed E-state index contributed by atoms with van der Waals surface area (Å²) in [7, 11) is -2.12. The molecule has 0 aromatic heterocycles. The minimum Gasteiger partial charge on any atom is -0.497 e. The molecule has 1 aliphatic heterocycles. The van der Waals surface area contributed by atoms with Crippen molar-refractivity contribution in [2.75, 3.05) is 44.0 Å². The second-order valence-electron chi connectivity index (χ2n) is 5.37. The van der Waals surface area contributed by atoms with Crippen molar-refractivity contribution >= 4 is 21.6 Å². The summed E-state index contributed by atoms with van der Waals surface area (Å²) < 4.78 is 36.0. The summed E-state index contributed by atoms with van der Waals surface area (Å²) in [5, 5.41) is 0. The van der Waals surface area contributed by atoms with E-state index in [0.717, 1.165) is 10.6 Å². The van der Waals surface area contributed by atoms with Gasteiger partial charge in [0.25, 0.3) is 0 Å². The third kappa shape index (κ3) is 4.14. The lowest BCUT2D eigenvalue weighted by Gasteiger charge is -2.34. The Morgan fingerprint density at radius 3 is 2.57 bits per heavy atom. The van der Waals surface area contributed by atoms with E-state index in [1.54, 1.807) is 36.1 Å². The molecule has 1 aromatic rings. The molecule has 7 nitrogen and oxygen atoms in total. The first-order valence-corrected chi connectivity index (χ1v) is 9.19. The number of hydrogen-bond acceptors (Lipinski definition) is 5. The summed E-state index contributed by atoms with van der Waals surface area (Å²) in [6.07, 6.45) is 1.09. The first-order valence-electron chi connectivity index (χ1n) is 7.34. The molecule has 1 aliphatic rings. The number of rotatable bonds is 5. The average molecular weight is 342 g/mol. The molecule has 1 saturated heterocycles. The van der Waals surface area contributed by atoms with Crippen LogP contribution in [-0.4, -0.2) is 64.9 Å². The van der Waals surface area contributed by atoms with E-state index in [0.29, 0.717) is 37.7 Å². The number of carbonyl (C=O) groups is 1. The molecule has 1 amide bonds. The van der Waals surface area contributed by atoms with E-state index in [1.165, 1.54) is 7.11 Å². The van der Waals surface area contributed by atoms with Gasteiger partial charge in [0.2, 0.25) is 15.9 Å². The standard InChI is InChI=1S/C15H22N2O5S/c1-12(15(18)16-7-9-22-10-8-16)17(23(3,19)20)13-5-4-6-14(11-13)21-2/h4-6,11-12H,7-10H2,1-3H3/t12-/m0/s1. The average Bonchev–Trinajstić information content (AvgIpc) is 2.54. The summed E-state index contributed by atoms with van der Waals surface area (Å²) in [6, 6.07) is 5.82. The highest BCUT2D eigenvalue weighted by Gasteiger charge is 2.32. The Morgan fingerprint density at radius 1 is 1.35 bits per heavy atom. The SMILES string of the molecule is COc1cccc(N([C@@H](C)C(=O)N2CCOCC2)S(C)(=O)=O)c1. The van der Waals surface area contributed by atoms with Crippen LogP contribution in [0.4, 0.5) is 5.69 Å². The molecule has 0 N–H and O–H groups in total. The fourth-order valence-corrected chi connectivity index (χ4v) is 3.76. The number of sulfonamides is 1. The Labute approximate surface area is 136 Å². The largest absolute Gasteiger partial charge is 0.497 e. The maximum absolute atomic E-state index is 12.6. The van der Waals surface area contributed by atoms with Crippen molar-refractivity contribution in [3.05, 3.63) is 24.3 Å². The van der Waals surface area contributed by atoms with Gasteiger partial charge in [-0.2, -0.15) is 0 Å². The second kappa shape index (κ2) is 7.18. The summed E-state index contributed by atoms with van der Waals surface area (Å²) in [6.45, 7) is 3.48. The quantitative estimate of drug-likeness (QED) is 0.788. The molecule has 0 unspecified atom stereocenters. The van der Waals surface area contributed by atoms with Gasteiger partial charge in [-0.05, 0) is 19.1 Å². The van der Waals surface area contributed by atoms with Crippen molar-refractivity contribution in [3.63, 3.8) is 0 Å². The number of methoxy groups -OCH3 is 1. The number of benzene rings is 1. The number of nitrogens with zero attached hydrogens (tertiary/aromatic N) is 2. The Hall–Kier alpha value is -1.80. The summed E-state index contributed by atoms with van der Waals surface area (Å²) in [4.78, 5) is 14.3. The van der Waals surface area contributed by atoms with Crippen LogP contribution < -0.4 is 9.04 Å². The highest BCUT2D eigenvalue weighted by Crippen LogP contribution is 2.26. The van der Waals surface area contributed by atoms with Gasteiger partial charge in [-0.15, -0.1) is 0 Å². The monoisotopic (exact) mass is 342 g/mol. The predicted molar refractivity (Wildman–Crippen MR) is 87.2 cm³/mol. The van der Waals surface area contributed by atoms with Gasteiger partial charge in [-0.1, -0.05) is 6.07 Å². The lowest BCUT2D eigenvalue weighted by Crippen LogP contribution is -2.52. The van der Waals surface area contributed by atoms with Crippen molar-refractivity contribution in [3.8, 4) is 5.75 Å². The first kappa shape index (κ1) is 17.6. The zero-order valence-corrected chi connectivity index (χ0v) is 14.4. The number of anilines is 1. The van der Waals surface area contributed by atoms with Crippen molar-refractivity contribution in [2.24, 2.45) is 0 Å². The molecule has 23 heavy (non-hydrogen) atoms. The molecule has 8 heteroatoms. The van der Waals surface area contributed by atoms with Crippen LogP contribution >= 0.6 is 0 Å². The third-order valence-corrected chi connectivity index (χ3v) is 4.94. The second-order valence-corrected chi connectivity index (χ2v) is 7.23. The lowest BCUT2D eigenvalue weighted by atomic mass is 10.2. The van der Waals surface area contributed by atoms with Crippen LogP contribution in [0.25, 0.3) is 0 Å². The van der Waals surface area contributed by atoms with Gasteiger partial charge in [0.05, 0.1) is 32.3 Å². The Morgan fingerprint density at radius 2 is 2.00 bits per heavy atom. The summed E-state index contributed by atoms with van der Waals surface area (Å²) in [5.41, 5.74) is 0.404. The molecule has 1 heterocycles. The molecule has 0 saturated carbocycles. The summed E-state index contributed by atoms with van der Waals surface area (Å²) in [5.74, 6) is 0.295. The van der Waals surface area contributed by atoms with Crippen LogP contribution in [0.5, 0.6) is 5.75 Å². The normalized spacial score (nSPS) is 16.7. The molecule has 0 bridgehead atoms. The molecule has 1 fully saturated rings. The van der Waals surface area contributed by atoms with E-state index in [9.17, 15) is 13.2 Å². The van der Waals surface area contributed by atoms with Crippen LogP contribution in [0, 0.1) is 0 Å². The summed E-state index contributed by atoms with van der Waals surface area (Å²) >= 11 is 0. The zero-order valence-electron chi connectivity index (χ0n) is 13.6. The molecule has 0 aliphatic carbocycles. The molecule has 2 rings (SSSR count). The molecule has 0 radical (unpaired) electrons. The molecular weight excluding hydrogens is 320 g/mol. The molecule has 1 aromatic carbocycles. The van der Waals surface area contributed by atoms with Crippen LogP contribution in [0.3, 0.4) is 0 Å². The van der Waals surface area contributed by atoms with Gasteiger partial charge in [-0.3, -0.25) is 9.10 Å². The van der Waals surface area contributed by atoms with Gasteiger partial charge in [-0.25, -0.2) is 8.42 Å². The van der Waals surface area contributed by atoms with Crippen LogP contribution in [0.15, 0.2) is 24.3 Å². The van der Waals surface area contributed by atoms with Gasteiger partial charge >= 0.3 is 0 Å². The molecule has 0 spiro atoms. The molecule has 128 valence electrons. The van der Waals surface area contributed by atoms with E-state index >= 15 is 0 Å². The van der Waals surface area contributed by atoms with Crippen molar-refractivity contribution in [1.82, 2.24) is 4.90 Å². The first-order chi connectivity index (χ1) is 10.8. The zero-order chi connectivity index (χ0) is 17.0. The maximum atomic E-state index is 12.6.